The molecule has 1 heterocycles. The number of carbonyl (C=O) groups excluding carboxylic acids is 2. The van der Waals surface area contributed by atoms with Crippen molar-refractivity contribution >= 4 is 23.2 Å². The van der Waals surface area contributed by atoms with E-state index in [4.69, 9.17) is 4.74 Å². The van der Waals surface area contributed by atoms with Crippen LogP contribution in [0.2, 0.25) is 0 Å². The van der Waals surface area contributed by atoms with Crippen LogP contribution in [-0.4, -0.2) is 23.9 Å². The molecule has 0 spiro atoms. The lowest BCUT2D eigenvalue weighted by atomic mass is 10.1. The number of anilines is 2. The molecule has 0 aliphatic rings. The van der Waals surface area contributed by atoms with E-state index >= 15 is 0 Å². The standard InChI is InChI=1S/C22H21N3O3/c1-14-8-9-18(10-15(14)2)24-21(26)16-11-17(13-23-12-16)22(27)25-19-6-4-5-7-20(19)28-3/h4-13H,1-3H3,(H,24,26)(H,25,27). The van der Waals surface area contributed by atoms with E-state index in [1.54, 1.807) is 18.2 Å². The van der Waals surface area contributed by atoms with E-state index in [1.165, 1.54) is 25.6 Å². The number of methoxy groups -OCH3 is 1. The summed E-state index contributed by atoms with van der Waals surface area (Å²) in [7, 11) is 1.53. The van der Waals surface area contributed by atoms with Gasteiger partial charge in [-0.25, -0.2) is 0 Å². The lowest BCUT2D eigenvalue weighted by molar-refractivity contribution is 0.102. The first-order valence-electron chi connectivity index (χ1n) is 8.76. The zero-order valence-electron chi connectivity index (χ0n) is 15.9. The molecule has 0 saturated carbocycles. The summed E-state index contributed by atoms with van der Waals surface area (Å²) in [6, 6.07) is 14.3. The van der Waals surface area contributed by atoms with Crippen LogP contribution in [0.1, 0.15) is 31.8 Å². The Kier molecular flexibility index (Phi) is 5.69. The summed E-state index contributed by atoms with van der Waals surface area (Å²) >= 11 is 0. The van der Waals surface area contributed by atoms with Crippen molar-refractivity contribution in [1.29, 1.82) is 0 Å². The molecular weight excluding hydrogens is 354 g/mol. The number of carbonyl (C=O) groups is 2. The van der Waals surface area contributed by atoms with Crippen molar-refractivity contribution in [2.24, 2.45) is 0 Å². The molecule has 3 aromatic rings. The molecule has 142 valence electrons. The first kappa shape index (κ1) is 19.1. The number of rotatable bonds is 5. The maximum atomic E-state index is 12.6. The van der Waals surface area contributed by atoms with E-state index in [2.05, 4.69) is 15.6 Å². The van der Waals surface area contributed by atoms with Gasteiger partial charge in [-0.1, -0.05) is 18.2 Å². The third kappa shape index (κ3) is 4.35. The van der Waals surface area contributed by atoms with Gasteiger partial charge in [-0.05, 0) is 55.3 Å². The molecule has 0 saturated heterocycles. The molecule has 0 atom stereocenters. The summed E-state index contributed by atoms with van der Waals surface area (Å²) in [6.07, 6.45) is 2.84. The Morgan fingerprint density at radius 2 is 1.54 bits per heavy atom. The second-order valence-electron chi connectivity index (χ2n) is 6.37. The number of hydrogen-bond donors (Lipinski definition) is 2. The first-order chi connectivity index (χ1) is 13.5. The topological polar surface area (TPSA) is 80.3 Å². The maximum absolute atomic E-state index is 12.6. The van der Waals surface area contributed by atoms with Gasteiger partial charge in [0.1, 0.15) is 5.75 Å². The van der Waals surface area contributed by atoms with Gasteiger partial charge in [0.2, 0.25) is 0 Å². The minimum Gasteiger partial charge on any atom is -0.495 e. The lowest BCUT2D eigenvalue weighted by Crippen LogP contribution is -2.16. The van der Waals surface area contributed by atoms with Crippen molar-refractivity contribution < 1.29 is 14.3 Å². The Morgan fingerprint density at radius 3 is 2.21 bits per heavy atom. The van der Waals surface area contributed by atoms with E-state index < -0.39 is 0 Å². The number of benzene rings is 2. The molecule has 6 nitrogen and oxygen atoms in total. The number of para-hydroxylation sites is 2. The van der Waals surface area contributed by atoms with E-state index in [-0.39, 0.29) is 17.4 Å². The molecule has 2 N–H and O–H groups in total. The Hall–Kier alpha value is -3.67. The molecule has 2 aromatic carbocycles. The fourth-order valence-electron chi connectivity index (χ4n) is 2.65. The molecule has 2 amide bonds. The van der Waals surface area contributed by atoms with Crippen molar-refractivity contribution in [2.75, 3.05) is 17.7 Å². The highest BCUT2D eigenvalue weighted by molar-refractivity contribution is 6.08. The largest absolute Gasteiger partial charge is 0.495 e. The normalized spacial score (nSPS) is 10.2. The second kappa shape index (κ2) is 8.35. The zero-order valence-corrected chi connectivity index (χ0v) is 15.9. The molecular formula is C22H21N3O3. The molecule has 0 unspecified atom stereocenters. The number of pyridine rings is 1. The molecule has 3 rings (SSSR count). The Morgan fingerprint density at radius 1 is 0.857 bits per heavy atom. The highest BCUT2D eigenvalue weighted by Crippen LogP contribution is 2.23. The highest BCUT2D eigenvalue weighted by Gasteiger charge is 2.13. The van der Waals surface area contributed by atoms with Crippen molar-refractivity contribution in [3.63, 3.8) is 0 Å². The number of amides is 2. The Balaban J connectivity index is 1.76. The predicted molar refractivity (Wildman–Crippen MR) is 109 cm³/mol. The number of aryl methyl sites for hydroxylation is 2. The van der Waals surface area contributed by atoms with Gasteiger partial charge >= 0.3 is 0 Å². The summed E-state index contributed by atoms with van der Waals surface area (Å²) in [5.74, 6) is -0.159. The minimum atomic E-state index is -0.377. The van der Waals surface area contributed by atoms with Crippen LogP contribution in [0.15, 0.2) is 60.9 Å². The van der Waals surface area contributed by atoms with Crippen LogP contribution in [0.3, 0.4) is 0 Å². The van der Waals surface area contributed by atoms with Crippen molar-refractivity contribution in [3.8, 4) is 5.75 Å². The predicted octanol–water partition coefficient (Wildman–Crippen LogP) is 4.21. The van der Waals surface area contributed by atoms with Gasteiger partial charge in [0.05, 0.1) is 23.9 Å². The fourth-order valence-corrected chi connectivity index (χ4v) is 2.65. The highest BCUT2D eigenvalue weighted by atomic mass is 16.5. The summed E-state index contributed by atoms with van der Waals surface area (Å²) in [5, 5.41) is 5.60. The third-order valence-electron chi connectivity index (χ3n) is 4.38. The summed E-state index contributed by atoms with van der Waals surface area (Å²) in [5.41, 5.74) is 4.04. The number of ether oxygens (including phenoxy) is 1. The Bertz CT molecular complexity index is 1030. The van der Waals surface area contributed by atoms with Gasteiger partial charge < -0.3 is 15.4 Å². The minimum absolute atomic E-state index is 0.277. The summed E-state index contributed by atoms with van der Waals surface area (Å²) in [4.78, 5) is 29.1. The van der Waals surface area contributed by atoms with Crippen LogP contribution >= 0.6 is 0 Å². The van der Waals surface area contributed by atoms with Gasteiger partial charge in [-0.15, -0.1) is 0 Å². The van der Waals surface area contributed by atoms with Crippen molar-refractivity contribution in [2.45, 2.75) is 13.8 Å². The van der Waals surface area contributed by atoms with E-state index in [0.29, 0.717) is 22.7 Å². The fraction of sp³-hybridized carbons (Fsp3) is 0.136. The van der Waals surface area contributed by atoms with Gasteiger partial charge in [-0.2, -0.15) is 0 Å². The average Bonchev–Trinajstić information content (AvgIpc) is 2.71. The molecule has 0 fully saturated rings. The second-order valence-corrected chi connectivity index (χ2v) is 6.37. The average molecular weight is 375 g/mol. The zero-order chi connectivity index (χ0) is 20.1. The quantitative estimate of drug-likeness (QED) is 0.700. The molecule has 28 heavy (non-hydrogen) atoms. The molecule has 0 bridgehead atoms. The van der Waals surface area contributed by atoms with Gasteiger partial charge in [-0.3, -0.25) is 14.6 Å². The summed E-state index contributed by atoms with van der Waals surface area (Å²) in [6.45, 7) is 3.99. The number of nitrogens with zero attached hydrogens (tertiary/aromatic N) is 1. The van der Waals surface area contributed by atoms with E-state index in [1.807, 2.05) is 38.1 Å². The van der Waals surface area contributed by atoms with Crippen LogP contribution in [0.5, 0.6) is 5.75 Å². The number of hydrogen-bond acceptors (Lipinski definition) is 4. The van der Waals surface area contributed by atoms with Crippen LogP contribution in [0, 0.1) is 13.8 Å². The SMILES string of the molecule is COc1ccccc1NC(=O)c1cncc(C(=O)Nc2ccc(C)c(C)c2)c1. The van der Waals surface area contributed by atoms with Crippen LogP contribution in [0.25, 0.3) is 0 Å². The smallest absolute Gasteiger partial charge is 0.257 e. The maximum Gasteiger partial charge on any atom is 0.257 e. The molecule has 0 radical (unpaired) electrons. The monoisotopic (exact) mass is 375 g/mol. The van der Waals surface area contributed by atoms with Crippen LogP contribution in [-0.2, 0) is 0 Å². The van der Waals surface area contributed by atoms with Crippen LogP contribution < -0.4 is 15.4 Å². The van der Waals surface area contributed by atoms with Gasteiger partial charge in [0.25, 0.3) is 11.8 Å². The molecule has 1 aromatic heterocycles. The molecule has 6 heteroatoms. The number of nitrogens with one attached hydrogen (secondary N) is 2. The molecule has 0 aliphatic heterocycles. The van der Waals surface area contributed by atoms with E-state index in [0.717, 1.165) is 11.1 Å². The van der Waals surface area contributed by atoms with Crippen LogP contribution in [0.4, 0.5) is 11.4 Å². The number of aromatic nitrogens is 1. The first-order valence-corrected chi connectivity index (χ1v) is 8.76. The van der Waals surface area contributed by atoms with Crippen molar-refractivity contribution in [1.82, 2.24) is 4.98 Å². The lowest BCUT2D eigenvalue weighted by Gasteiger charge is -2.11. The summed E-state index contributed by atoms with van der Waals surface area (Å²) < 4.78 is 5.23. The Labute approximate surface area is 163 Å². The van der Waals surface area contributed by atoms with Crippen molar-refractivity contribution in [3.05, 3.63) is 83.2 Å². The van der Waals surface area contributed by atoms with Gasteiger partial charge in [0.15, 0.2) is 0 Å². The van der Waals surface area contributed by atoms with E-state index in [9.17, 15) is 9.59 Å². The molecule has 0 aliphatic carbocycles. The third-order valence-corrected chi connectivity index (χ3v) is 4.38. The van der Waals surface area contributed by atoms with Gasteiger partial charge in [0, 0.05) is 18.1 Å².